The van der Waals surface area contributed by atoms with Gasteiger partial charge in [-0.05, 0) is 68.5 Å². The second kappa shape index (κ2) is 5.44. The molecule has 0 saturated carbocycles. The van der Waals surface area contributed by atoms with Crippen LogP contribution in [0.3, 0.4) is 0 Å². The number of rotatable bonds is 4. The normalized spacial score (nSPS) is 13.0. The van der Waals surface area contributed by atoms with E-state index >= 15 is 0 Å². The van der Waals surface area contributed by atoms with Gasteiger partial charge in [0.1, 0.15) is 5.76 Å². The predicted molar refractivity (Wildman–Crippen MR) is 79.0 cm³/mol. The first-order chi connectivity index (χ1) is 8.12. The first-order valence-corrected chi connectivity index (χ1v) is 6.68. The smallest absolute Gasteiger partial charge is 0.244 e. The number of nitrogens with one attached hydrogen (secondary N) is 1. The Kier molecular flexibility index (Phi) is 4.61. The predicted octanol–water partition coefficient (Wildman–Crippen LogP) is 2.56. The highest BCUT2D eigenvalue weighted by molar-refractivity contribution is 14.1. The molecule has 1 aromatic rings. The van der Waals surface area contributed by atoms with Crippen LogP contribution in [0, 0.1) is 3.77 Å². The summed E-state index contributed by atoms with van der Waals surface area (Å²) in [5.74, 6) is 0.351. The molecule has 0 saturated heterocycles. The Morgan fingerprint density at radius 1 is 1.39 bits per heavy atom. The molecule has 0 atom stereocenters. The van der Waals surface area contributed by atoms with E-state index in [9.17, 15) is 9.90 Å². The number of halogens is 1. The van der Waals surface area contributed by atoms with E-state index < -0.39 is 11.1 Å². The van der Waals surface area contributed by atoms with Crippen LogP contribution in [0.25, 0.3) is 6.08 Å². The fraction of sp³-hybridized carbons (Fsp3) is 0.462. The summed E-state index contributed by atoms with van der Waals surface area (Å²) in [6.07, 6.45) is 2.99. The van der Waals surface area contributed by atoms with Gasteiger partial charge in [0.15, 0.2) is 3.77 Å². The van der Waals surface area contributed by atoms with Crippen molar-refractivity contribution in [2.75, 3.05) is 0 Å². The lowest BCUT2D eigenvalue weighted by Crippen LogP contribution is -2.57. The number of carbonyl (C=O) groups excluding carboxylic acids is 1. The van der Waals surface area contributed by atoms with Crippen LogP contribution in [0.15, 0.2) is 22.6 Å². The average Bonchev–Trinajstić information content (AvgIpc) is 2.59. The Balaban J connectivity index is 2.65. The van der Waals surface area contributed by atoms with Gasteiger partial charge >= 0.3 is 0 Å². The molecule has 1 amide bonds. The Morgan fingerprint density at radius 3 is 2.44 bits per heavy atom. The van der Waals surface area contributed by atoms with Crippen molar-refractivity contribution < 1.29 is 14.3 Å². The minimum Gasteiger partial charge on any atom is -0.451 e. The highest BCUT2D eigenvalue weighted by atomic mass is 127. The standard InChI is InChI=1S/C13H18INO3/c1-12(2,13(3,4)17)15-11(16)8-6-9-5-7-10(14)18-9/h5-8,17H,1-4H3,(H,15,16)/b8-6+. The van der Waals surface area contributed by atoms with Crippen LogP contribution < -0.4 is 5.32 Å². The van der Waals surface area contributed by atoms with Crippen molar-refractivity contribution in [2.45, 2.75) is 38.8 Å². The van der Waals surface area contributed by atoms with Gasteiger partial charge in [0, 0.05) is 6.08 Å². The van der Waals surface area contributed by atoms with Crippen molar-refractivity contribution in [3.05, 3.63) is 27.7 Å². The first-order valence-electron chi connectivity index (χ1n) is 5.60. The third kappa shape index (κ3) is 4.13. The minimum absolute atomic E-state index is 0.270. The van der Waals surface area contributed by atoms with Crippen LogP contribution in [0.5, 0.6) is 0 Å². The number of amides is 1. The van der Waals surface area contributed by atoms with Gasteiger partial charge in [0.2, 0.25) is 5.91 Å². The number of furan rings is 1. The van der Waals surface area contributed by atoms with E-state index in [2.05, 4.69) is 27.9 Å². The van der Waals surface area contributed by atoms with E-state index in [1.54, 1.807) is 39.8 Å². The topological polar surface area (TPSA) is 62.5 Å². The zero-order chi connectivity index (χ0) is 14.0. The van der Waals surface area contributed by atoms with E-state index in [0.717, 1.165) is 3.77 Å². The molecular formula is C13H18INO3. The summed E-state index contributed by atoms with van der Waals surface area (Å²) in [4.78, 5) is 11.7. The van der Waals surface area contributed by atoms with Gasteiger partial charge < -0.3 is 14.8 Å². The van der Waals surface area contributed by atoms with Crippen molar-refractivity contribution in [2.24, 2.45) is 0 Å². The molecular weight excluding hydrogens is 345 g/mol. The molecule has 0 aliphatic rings. The molecule has 18 heavy (non-hydrogen) atoms. The summed E-state index contributed by atoms with van der Waals surface area (Å²) < 4.78 is 6.07. The molecule has 0 fully saturated rings. The van der Waals surface area contributed by atoms with Gasteiger partial charge in [0.25, 0.3) is 0 Å². The van der Waals surface area contributed by atoms with Crippen molar-refractivity contribution in [1.29, 1.82) is 0 Å². The van der Waals surface area contributed by atoms with Crippen LogP contribution >= 0.6 is 22.6 Å². The SMILES string of the molecule is CC(C)(O)C(C)(C)NC(=O)/C=C/c1ccc(I)o1. The monoisotopic (exact) mass is 363 g/mol. The molecule has 1 rings (SSSR count). The highest BCUT2D eigenvalue weighted by Crippen LogP contribution is 2.20. The molecule has 0 unspecified atom stereocenters. The van der Waals surface area contributed by atoms with Gasteiger partial charge in [0.05, 0.1) is 11.1 Å². The summed E-state index contributed by atoms with van der Waals surface area (Å²) in [5.41, 5.74) is -1.72. The zero-order valence-electron chi connectivity index (χ0n) is 11.0. The molecule has 1 heterocycles. The highest BCUT2D eigenvalue weighted by Gasteiger charge is 2.35. The lowest BCUT2D eigenvalue weighted by Gasteiger charge is -2.37. The third-order valence-corrected chi connectivity index (χ3v) is 3.54. The van der Waals surface area contributed by atoms with Crippen molar-refractivity contribution in [3.8, 4) is 0 Å². The molecule has 5 heteroatoms. The third-order valence-electron chi connectivity index (χ3n) is 2.96. The van der Waals surface area contributed by atoms with E-state index in [0.29, 0.717) is 5.76 Å². The molecule has 0 aromatic carbocycles. The van der Waals surface area contributed by atoms with Crippen molar-refractivity contribution >= 4 is 34.6 Å². The number of hydrogen-bond acceptors (Lipinski definition) is 3. The number of hydrogen-bond donors (Lipinski definition) is 2. The zero-order valence-corrected chi connectivity index (χ0v) is 13.1. The fourth-order valence-electron chi connectivity index (χ4n) is 1.08. The molecule has 0 aliphatic carbocycles. The molecule has 0 aliphatic heterocycles. The van der Waals surface area contributed by atoms with Crippen LogP contribution in [0.4, 0.5) is 0 Å². The second-order valence-electron chi connectivity index (χ2n) is 5.15. The lowest BCUT2D eigenvalue weighted by atomic mass is 9.86. The summed E-state index contributed by atoms with van der Waals surface area (Å²) in [5, 5.41) is 12.7. The molecule has 4 nitrogen and oxygen atoms in total. The van der Waals surface area contributed by atoms with Crippen LogP contribution in [-0.4, -0.2) is 22.2 Å². The van der Waals surface area contributed by atoms with Gasteiger partial charge in [-0.1, -0.05) is 0 Å². The fourth-order valence-corrected chi connectivity index (χ4v) is 1.51. The number of aliphatic hydroxyl groups is 1. The van der Waals surface area contributed by atoms with Crippen LogP contribution in [0.2, 0.25) is 0 Å². The molecule has 0 radical (unpaired) electrons. The van der Waals surface area contributed by atoms with E-state index in [4.69, 9.17) is 4.42 Å². The lowest BCUT2D eigenvalue weighted by molar-refractivity contribution is -0.121. The summed E-state index contributed by atoms with van der Waals surface area (Å²) >= 11 is 2.06. The molecule has 2 N–H and O–H groups in total. The van der Waals surface area contributed by atoms with Gasteiger partial charge in [-0.25, -0.2) is 0 Å². The van der Waals surface area contributed by atoms with E-state index in [-0.39, 0.29) is 5.91 Å². The largest absolute Gasteiger partial charge is 0.451 e. The van der Waals surface area contributed by atoms with Gasteiger partial charge in [-0.3, -0.25) is 4.79 Å². The van der Waals surface area contributed by atoms with Crippen LogP contribution in [-0.2, 0) is 4.79 Å². The molecule has 0 bridgehead atoms. The van der Waals surface area contributed by atoms with Gasteiger partial charge in [-0.2, -0.15) is 0 Å². The Morgan fingerprint density at radius 2 is 2.00 bits per heavy atom. The molecule has 100 valence electrons. The van der Waals surface area contributed by atoms with E-state index in [1.807, 2.05) is 6.07 Å². The Bertz CT molecular complexity index is 455. The van der Waals surface area contributed by atoms with Crippen LogP contribution in [0.1, 0.15) is 33.5 Å². The summed E-state index contributed by atoms with van der Waals surface area (Å²) in [6.45, 7) is 6.86. The number of carbonyl (C=O) groups is 1. The maximum atomic E-state index is 11.7. The molecule has 0 spiro atoms. The summed E-state index contributed by atoms with van der Waals surface area (Å²) in [6, 6.07) is 3.60. The maximum absolute atomic E-state index is 11.7. The Labute approximate surface area is 121 Å². The van der Waals surface area contributed by atoms with Gasteiger partial charge in [-0.15, -0.1) is 0 Å². The minimum atomic E-state index is -1.00. The molecule has 1 aromatic heterocycles. The van der Waals surface area contributed by atoms with Crippen molar-refractivity contribution in [3.63, 3.8) is 0 Å². The maximum Gasteiger partial charge on any atom is 0.244 e. The summed E-state index contributed by atoms with van der Waals surface area (Å²) in [7, 11) is 0. The quantitative estimate of drug-likeness (QED) is 0.639. The van der Waals surface area contributed by atoms with E-state index in [1.165, 1.54) is 6.08 Å². The Hall–Kier alpha value is -0.820. The second-order valence-corrected chi connectivity index (χ2v) is 6.21. The first kappa shape index (κ1) is 15.2. The average molecular weight is 363 g/mol. The van der Waals surface area contributed by atoms with Crippen molar-refractivity contribution in [1.82, 2.24) is 5.32 Å².